The lowest BCUT2D eigenvalue weighted by molar-refractivity contribution is -0.225. The minimum absolute atomic E-state index is 0.000681. The molecule has 4 aromatic carbocycles. The molecule has 0 radical (unpaired) electrons. The van der Waals surface area contributed by atoms with Crippen LogP contribution in [0, 0.1) is 71.2 Å². The molecule has 0 N–H and O–H groups in total. The number of allylic oxidation sites excluding steroid dienone is 3. The number of hydrogen-bond donors (Lipinski definition) is 0. The molecule has 0 fully saturated rings. The molecule has 2 atom stereocenters. The maximum atomic E-state index is 15.1. The first-order valence-electron chi connectivity index (χ1n) is 13.6. The number of ether oxygens (including phenoxy) is 1. The normalized spacial score (nSPS) is 16.3. The average molecular weight is 665 g/mol. The van der Waals surface area contributed by atoms with Gasteiger partial charge in [0.15, 0.2) is 17.5 Å². The zero-order valence-electron chi connectivity index (χ0n) is 24.1. The molecule has 0 aliphatic heterocycles. The van der Waals surface area contributed by atoms with Gasteiger partial charge < -0.3 is 4.74 Å². The van der Waals surface area contributed by atoms with E-state index in [1.165, 1.54) is 19.1 Å². The van der Waals surface area contributed by atoms with Crippen molar-refractivity contribution in [3.05, 3.63) is 141 Å². The molecule has 1 aliphatic rings. The van der Waals surface area contributed by atoms with Crippen LogP contribution >= 0.6 is 0 Å². The summed E-state index contributed by atoms with van der Waals surface area (Å²) in [5.74, 6) is -9.53. The van der Waals surface area contributed by atoms with Crippen molar-refractivity contribution in [2.75, 3.05) is 0 Å². The summed E-state index contributed by atoms with van der Waals surface area (Å²) >= 11 is 0. The Morgan fingerprint density at radius 2 is 1.26 bits per heavy atom. The van der Waals surface area contributed by atoms with E-state index >= 15 is 13.2 Å². The van der Waals surface area contributed by atoms with Crippen molar-refractivity contribution in [1.82, 2.24) is 0 Å². The molecule has 0 saturated carbocycles. The average Bonchev–Trinajstić information content (AvgIpc) is 2.94. The third kappa shape index (κ3) is 6.75. The van der Waals surface area contributed by atoms with Crippen LogP contribution in [0.25, 0.3) is 22.3 Å². The predicted molar refractivity (Wildman–Crippen MR) is 150 cm³/mol. The maximum absolute atomic E-state index is 15.1. The first-order valence-corrected chi connectivity index (χ1v) is 13.6. The summed E-state index contributed by atoms with van der Waals surface area (Å²) in [4.78, 5) is 0. The molecule has 1 aliphatic carbocycles. The first-order chi connectivity index (χ1) is 22.0. The largest absolute Gasteiger partial charge is 0.432 e. The second-order valence-corrected chi connectivity index (χ2v) is 10.6. The van der Waals surface area contributed by atoms with Crippen LogP contribution in [-0.4, -0.2) is 6.17 Å². The third-order valence-corrected chi connectivity index (χ3v) is 7.20. The van der Waals surface area contributed by atoms with E-state index in [-0.39, 0.29) is 22.3 Å². The molecule has 0 bridgehead atoms. The van der Waals surface area contributed by atoms with Crippen LogP contribution in [0.3, 0.4) is 0 Å². The lowest BCUT2D eigenvalue weighted by Gasteiger charge is -2.25. The molecule has 0 amide bonds. The topological polar surface area (TPSA) is 9.23 Å². The van der Waals surface area contributed by atoms with Gasteiger partial charge in [-0.2, -0.15) is 8.78 Å². The zero-order chi connectivity index (χ0) is 34.4. The maximum Gasteiger partial charge on any atom is 0.432 e. The molecule has 12 heteroatoms. The van der Waals surface area contributed by atoms with Gasteiger partial charge in [0, 0.05) is 11.1 Å². The van der Waals surface area contributed by atoms with Crippen LogP contribution in [-0.2, 0) is 10.8 Å². The molecule has 5 rings (SSSR count). The lowest BCUT2D eigenvalue weighted by atomic mass is 9.90. The molecule has 0 saturated heterocycles. The van der Waals surface area contributed by atoms with Gasteiger partial charge in [-0.1, -0.05) is 29.5 Å². The monoisotopic (exact) mass is 664 g/mol. The summed E-state index contributed by atoms with van der Waals surface area (Å²) in [7, 11) is 0. The van der Waals surface area contributed by atoms with Gasteiger partial charge in [0.2, 0.25) is 0 Å². The van der Waals surface area contributed by atoms with E-state index in [1.807, 2.05) is 0 Å². The second-order valence-electron chi connectivity index (χ2n) is 10.6. The fourth-order valence-corrected chi connectivity index (χ4v) is 4.97. The van der Waals surface area contributed by atoms with Crippen molar-refractivity contribution in [3.63, 3.8) is 0 Å². The van der Waals surface area contributed by atoms with Gasteiger partial charge in [-0.15, -0.1) is 0 Å². The summed E-state index contributed by atoms with van der Waals surface area (Å²) in [5.41, 5.74) is -3.69. The van der Waals surface area contributed by atoms with Crippen LogP contribution in [0.1, 0.15) is 23.6 Å². The summed E-state index contributed by atoms with van der Waals surface area (Å²) < 4.78 is 163. The highest BCUT2D eigenvalue weighted by molar-refractivity contribution is 5.67. The number of rotatable bonds is 5. The highest BCUT2D eigenvalue weighted by Gasteiger charge is 2.42. The van der Waals surface area contributed by atoms with Crippen LogP contribution in [0.2, 0.25) is 0 Å². The molecule has 4 aromatic rings. The predicted octanol–water partition coefficient (Wildman–Crippen LogP) is 10.4. The standard InChI is InChI=1S/C35H19F11O/c1-16-3-5-23(24(36)7-16)19-11-28(40)33(29(41)12-19)35(45,46)47-21-8-17(2)22(25(37)15-21)6-4-18-9-26(38)32(27(39)10-18)20-13-30(42)34(44)31(43)14-20/h3,5,7-15,22,25H,1-2H3. The van der Waals surface area contributed by atoms with Crippen molar-refractivity contribution in [2.45, 2.75) is 26.1 Å². The minimum Gasteiger partial charge on any atom is -0.429 e. The fourth-order valence-electron chi connectivity index (χ4n) is 4.97. The van der Waals surface area contributed by atoms with Gasteiger partial charge in [0.05, 0.1) is 11.5 Å². The molecule has 2 unspecified atom stereocenters. The van der Waals surface area contributed by atoms with Crippen LogP contribution in [0.4, 0.5) is 48.3 Å². The summed E-state index contributed by atoms with van der Waals surface area (Å²) in [6.07, 6.45) is -5.28. The smallest absolute Gasteiger partial charge is 0.429 e. The Morgan fingerprint density at radius 1 is 0.681 bits per heavy atom. The first kappa shape index (κ1) is 33.3. The van der Waals surface area contributed by atoms with E-state index < -0.39 is 87.2 Å². The number of alkyl halides is 3. The van der Waals surface area contributed by atoms with Gasteiger partial charge in [-0.05, 0) is 85.2 Å². The van der Waals surface area contributed by atoms with E-state index in [9.17, 15) is 35.1 Å². The molecule has 242 valence electrons. The Labute approximate surface area is 260 Å². The lowest BCUT2D eigenvalue weighted by Crippen LogP contribution is -2.24. The Bertz CT molecular complexity index is 1970. The number of benzene rings is 4. The number of aryl methyl sites for hydroxylation is 1. The molecule has 47 heavy (non-hydrogen) atoms. The Balaban J connectivity index is 1.36. The van der Waals surface area contributed by atoms with E-state index in [1.54, 1.807) is 6.92 Å². The summed E-state index contributed by atoms with van der Waals surface area (Å²) in [5, 5.41) is 0. The van der Waals surface area contributed by atoms with Crippen LogP contribution < -0.4 is 0 Å². The molecular formula is C35H19F11O. The van der Waals surface area contributed by atoms with Crippen molar-refractivity contribution in [1.29, 1.82) is 0 Å². The van der Waals surface area contributed by atoms with E-state index in [0.717, 1.165) is 12.1 Å². The van der Waals surface area contributed by atoms with Crippen molar-refractivity contribution < 1.29 is 53.0 Å². The molecule has 0 aromatic heterocycles. The Morgan fingerprint density at radius 3 is 1.81 bits per heavy atom. The van der Waals surface area contributed by atoms with E-state index in [2.05, 4.69) is 16.6 Å². The van der Waals surface area contributed by atoms with E-state index in [4.69, 9.17) is 0 Å². The highest BCUT2D eigenvalue weighted by Crippen LogP contribution is 2.40. The van der Waals surface area contributed by atoms with Crippen LogP contribution in [0.15, 0.2) is 78.1 Å². The molecular weight excluding hydrogens is 645 g/mol. The quantitative estimate of drug-likeness (QED) is 0.117. The van der Waals surface area contributed by atoms with E-state index in [0.29, 0.717) is 48.0 Å². The van der Waals surface area contributed by atoms with Crippen molar-refractivity contribution >= 4 is 0 Å². The number of hydrogen-bond acceptors (Lipinski definition) is 1. The Hall–Kier alpha value is -5.05. The van der Waals surface area contributed by atoms with Crippen molar-refractivity contribution in [3.8, 4) is 34.1 Å². The Kier molecular flexibility index (Phi) is 8.95. The second kappa shape index (κ2) is 12.6. The van der Waals surface area contributed by atoms with Gasteiger partial charge >= 0.3 is 6.11 Å². The zero-order valence-corrected chi connectivity index (χ0v) is 24.1. The minimum atomic E-state index is -4.65. The molecule has 0 spiro atoms. The number of halogens is 11. The van der Waals surface area contributed by atoms with Gasteiger partial charge in [0.1, 0.15) is 46.6 Å². The summed E-state index contributed by atoms with van der Waals surface area (Å²) in [6.45, 7) is 2.85. The van der Waals surface area contributed by atoms with Gasteiger partial charge in [-0.25, -0.2) is 39.5 Å². The SMILES string of the molecule is CC1=CC(OC(F)(F)c2c(F)cc(-c3ccc(C)cc3F)cc2F)=CC(F)C1C#Cc1cc(F)c(-c2cc(F)c(F)c(F)c2)c(F)c1. The van der Waals surface area contributed by atoms with Crippen LogP contribution in [0.5, 0.6) is 0 Å². The fraction of sp³-hybridized carbons (Fsp3) is 0.143. The molecule has 1 nitrogen and oxygen atoms in total. The third-order valence-electron chi connectivity index (χ3n) is 7.20. The van der Waals surface area contributed by atoms with Gasteiger partial charge in [0.25, 0.3) is 0 Å². The highest BCUT2D eigenvalue weighted by atomic mass is 19.3. The summed E-state index contributed by atoms with van der Waals surface area (Å²) in [6, 6.07) is 6.98. The molecule has 0 heterocycles. The van der Waals surface area contributed by atoms with Gasteiger partial charge in [-0.3, -0.25) is 0 Å². The van der Waals surface area contributed by atoms with Crippen molar-refractivity contribution in [2.24, 2.45) is 5.92 Å².